The summed E-state index contributed by atoms with van der Waals surface area (Å²) in [5.41, 5.74) is 0.796. The first-order valence-corrected chi connectivity index (χ1v) is 8.81. The number of anilines is 1. The van der Waals surface area contributed by atoms with E-state index in [1.165, 1.54) is 0 Å². The molecule has 0 saturated carbocycles. The second-order valence-electron chi connectivity index (χ2n) is 6.16. The lowest BCUT2D eigenvalue weighted by Crippen LogP contribution is -2.39. The van der Waals surface area contributed by atoms with Crippen LogP contribution in [0.15, 0.2) is 28.7 Å². The van der Waals surface area contributed by atoms with Gasteiger partial charge in [-0.15, -0.1) is 0 Å². The van der Waals surface area contributed by atoms with E-state index in [1.54, 1.807) is 0 Å². The van der Waals surface area contributed by atoms with Gasteiger partial charge in [0.15, 0.2) is 0 Å². The van der Waals surface area contributed by atoms with Crippen molar-refractivity contribution in [3.63, 3.8) is 0 Å². The molecule has 1 aromatic rings. The number of carbonyl (C=O) groups excluding carboxylic acids is 2. The van der Waals surface area contributed by atoms with E-state index >= 15 is 0 Å². The summed E-state index contributed by atoms with van der Waals surface area (Å²) in [6.45, 7) is 7.28. The Morgan fingerprint density at radius 3 is 2.48 bits per heavy atom. The SMILES string of the molecule is CC(C)C(=O)N1CCCN(CC(=O)Nc2ccc(Br)cc2)CC1. The predicted molar refractivity (Wildman–Crippen MR) is 95.2 cm³/mol. The third-order valence-corrected chi connectivity index (χ3v) is 4.42. The van der Waals surface area contributed by atoms with Gasteiger partial charge in [-0.05, 0) is 30.7 Å². The molecule has 1 saturated heterocycles. The van der Waals surface area contributed by atoms with Crippen molar-refractivity contribution in [2.24, 2.45) is 5.92 Å². The van der Waals surface area contributed by atoms with Gasteiger partial charge in [0, 0.05) is 42.3 Å². The number of rotatable bonds is 4. The molecule has 5 nitrogen and oxygen atoms in total. The highest BCUT2D eigenvalue weighted by Crippen LogP contribution is 2.14. The van der Waals surface area contributed by atoms with Gasteiger partial charge in [-0.1, -0.05) is 29.8 Å². The second kappa shape index (κ2) is 8.45. The zero-order valence-corrected chi connectivity index (χ0v) is 15.3. The van der Waals surface area contributed by atoms with Crippen molar-refractivity contribution in [2.45, 2.75) is 20.3 Å². The molecule has 0 radical (unpaired) electrons. The van der Waals surface area contributed by atoms with Crippen LogP contribution >= 0.6 is 15.9 Å². The average molecular weight is 382 g/mol. The molecule has 1 N–H and O–H groups in total. The number of hydrogen-bond donors (Lipinski definition) is 1. The molecule has 6 heteroatoms. The van der Waals surface area contributed by atoms with Crippen molar-refractivity contribution in [3.8, 4) is 0 Å². The van der Waals surface area contributed by atoms with Gasteiger partial charge in [0.05, 0.1) is 6.54 Å². The van der Waals surface area contributed by atoms with E-state index in [0.29, 0.717) is 13.1 Å². The van der Waals surface area contributed by atoms with Crippen molar-refractivity contribution >= 4 is 33.4 Å². The Balaban J connectivity index is 1.82. The van der Waals surface area contributed by atoms with Gasteiger partial charge in [0.1, 0.15) is 0 Å². The molecule has 1 fully saturated rings. The first-order valence-electron chi connectivity index (χ1n) is 8.02. The Hall–Kier alpha value is -1.40. The van der Waals surface area contributed by atoms with E-state index in [4.69, 9.17) is 0 Å². The van der Waals surface area contributed by atoms with Crippen LogP contribution in [0.4, 0.5) is 5.69 Å². The number of nitrogens with zero attached hydrogens (tertiary/aromatic N) is 2. The molecule has 2 rings (SSSR count). The molecular formula is C17H24BrN3O2. The third-order valence-electron chi connectivity index (χ3n) is 3.89. The number of carbonyl (C=O) groups is 2. The molecule has 2 amide bonds. The Labute approximate surface area is 146 Å². The molecule has 23 heavy (non-hydrogen) atoms. The van der Waals surface area contributed by atoms with Crippen molar-refractivity contribution in [1.82, 2.24) is 9.80 Å². The molecule has 1 aromatic carbocycles. The maximum atomic E-state index is 12.2. The van der Waals surface area contributed by atoms with Crippen LogP contribution < -0.4 is 5.32 Å². The molecular weight excluding hydrogens is 358 g/mol. The number of nitrogens with one attached hydrogen (secondary N) is 1. The molecule has 0 unspecified atom stereocenters. The quantitative estimate of drug-likeness (QED) is 0.871. The fourth-order valence-corrected chi connectivity index (χ4v) is 2.92. The summed E-state index contributed by atoms with van der Waals surface area (Å²) in [4.78, 5) is 28.3. The van der Waals surface area contributed by atoms with Crippen molar-refractivity contribution in [3.05, 3.63) is 28.7 Å². The molecule has 1 heterocycles. The topological polar surface area (TPSA) is 52.7 Å². The molecule has 0 atom stereocenters. The van der Waals surface area contributed by atoms with Crippen LogP contribution in [0.25, 0.3) is 0 Å². The fourth-order valence-electron chi connectivity index (χ4n) is 2.65. The van der Waals surface area contributed by atoms with Crippen molar-refractivity contribution < 1.29 is 9.59 Å². The lowest BCUT2D eigenvalue weighted by molar-refractivity contribution is -0.134. The minimum atomic E-state index is -0.0176. The van der Waals surface area contributed by atoms with Crippen LogP contribution in [0.2, 0.25) is 0 Å². The van der Waals surface area contributed by atoms with Crippen LogP contribution in [0, 0.1) is 5.92 Å². The summed E-state index contributed by atoms with van der Waals surface area (Å²) in [5, 5.41) is 2.91. The first-order chi connectivity index (χ1) is 11.0. The van der Waals surface area contributed by atoms with E-state index in [9.17, 15) is 9.59 Å². The summed E-state index contributed by atoms with van der Waals surface area (Å²) >= 11 is 3.37. The minimum absolute atomic E-state index is 0.0176. The van der Waals surface area contributed by atoms with Crippen LogP contribution in [0.3, 0.4) is 0 Å². The van der Waals surface area contributed by atoms with Gasteiger partial charge in [-0.3, -0.25) is 14.5 Å². The van der Waals surface area contributed by atoms with Crippen LogP contribution in [-0.4, -0.2) is 54.3 Å². The van der Waals surface area contributed by atoms with E-state index in [1.807, 2.05) is 43.0 Å². The van der Waals surface area contributed by atoms with Gasteiger partial charge < -0.3 is 10.2 Å². The highest BCUT2D eigenvalue weighted by Gasteiger charge is 2.21. The highest BCUT2D eigenvalue weighted by atomic mass is 79.9. The zero-order valence-electron chi connectivity index (χ0n) is 13.7. The van der Waals surface area contributed by atoms with Gasteiger partial charge in [-0.25, -0.2) is 0 Å². The Kier molecular flexibility index (Phi) is 6.59. The summed E-state index contributed by atoms with van der Waals surface area (Å²) in [5.74, 6) is 0.212. The predicted octanol–water partition coefficient (Wildman–Crippen LogP) is 2.58. The lowest BCUT2D eigenvalue weighted by Gasteiger charge is -2.23. The molecule has 0 aliphatic carbocycles. The van der Waals surface area contributed by atoms with Crippen LogP contribution in [-0.2, 0) is 9.59 Å². The summed E-state index contributed by atoms with van der Waals surface area (Å²) in [6.07, 6.45) is 0.907. The van der Waals surface area contributed by atoms with E-state index in [2.05, 4.69) is 26.1 Å². The molecule has 0 bridgehead atoms. The number of benzene rings is 1. The molecule has 0 spiro atoms. The smallest absolute Gasteiger partial charge is 0.238 e. The van der Waals surface area contributed by atoms with Crippen LogP contribution in [0.1, 0.15) is 20.3 Å². The first kappa shape index (κ1) is 17.9. The Morgan fingerprint density at radius 1 is 1.13 bits per heavy atom. The van der Waals surface area contributed by atoms with Crippen molar-refractivity contribution in [2.75, 3.05) is 38.0 Å². The van der Waals surface area contributed by atoms with Gasteiger partial charge in [0.2, 0.25) is 11.8 Å². The standard InChI is InChI=1S/C17H24BrN3O2/c1-13(2)17(23)21-9-3-8-20(10-11-21)12-16(22)19-15-6-4-14(18)5-7-15/h4-7,13H,3,8-12H2,1-2H3,(H,19,22). The second-order valence-corrected chi connectivity index (χ2v) is 7.08. The summed E-state index contributed by atoms with van der Waals surface area (Å²) in [6, 6.07) is 7.54. The fraction of sp³-hybridized carbons (Fsp3) is 0.529. The van der Waals surface area contributed by atoms with Crippen molar-refractivity contribution in [1.29, 1.82) is 0 Å². The monoisotopic (exact) mass is 381 g/mol. The maximum absolute atomic E-state index is 12.2. The lowest BCUT2D eigenvalue weighted by atomic mass is 10.2. The normalized spacial score (nSPS) is 16.3. The molecule has 1 aliphatic rings. The van der Waals surface area contributed by atoms with E-state index in [-0.39, 0.29) is 17.7 Å². The maximum Gasteiger partial charge on any atom is 0.238 e. The van der Waals surface area contributed by atoms with Gasteiger partial charge in [-0.2, -0.15) is 0 Å². The van der Waals surface area contributed by atoms with Gasteiger partial charge in [0.25, 0.3) is 0 Å². The zero-order chi connectivity index (χ0) is 16.8. The number of halogens is 1. The molecule has 126 valence electrons. The number of amides is 2. The summed E-state index contributed by atoms with van der Waals surface area (Å²) in [7, 11) is 0. The highest BCUT2D eigenvalue weighted by molar-refractivity contribution is 9.10. The van der Waals surface area contributed by atoms with Gasteiger partial charge >= 0.3 is 0 Å². The summed E-state index contributed by atoms with van der Waals surface area (Å²) < 4.78 is 0.984. The molecule has 0 aromatic heterocycles. The van der Waals surface area contributed by atoms with E-state index < -0.39 is 0 Å². The van der Waals surface area contributed by atoms with E-state index in [0.717, 1.165) is 36.2 Å². The van der Waals surface area contributed by atoms with Crippen LogP contribution in [0.5, 0.6) is 0 Å². The Morgan fingerprint density at radius 2 is 1.83 bits per heavy atom. The minimum Gasteiger partial charge on any atom is -0.341 e. The number of hydrogen-bond acceptors (Lipinski definition) is 3. The third kappa shape index (κ3) is 5.62. The average Bonchev–Trinajstić information content (AvgIpc) is 2.74. The molecule has 1 aliphatic heterocycles. The Bertz CT molecular complexity index is 545. The largest absolute Gasteiger partial charge is 0.341 e.